The number of nitrogens with zero attached hydrogens (tertiary/aromatic N) is 1. The van der Waals surface area contributed by atoms with Crippen molar-refractivity contribution in [2.75, 3.05) is 24.5 Å². The Labute approximate surface area is 117 Å². The molecule has 1 unspecified atom stereocenters. The number of rotatable bonds is 2. The van der Waals surface area contributed by atoms with E-state index in [1.807, 2.05) is 6.07 Å². The summed E-state index contributed by atoms with van der Waals surface area (Å²) in [5.41, 5.74) is 0.762. The molecule has 1 aromatic carbocycles. The normalized spacial score (nSPS) is 25.0. The van der Waals surface area contributed by atoms with Crippen molar-refractivity contribution in [1.29, 1.82) is 0 Å². The van der Waals surface area contributed by atoms with Crippen molar-refractivity contribution in [3.05, 3.63) is 28.5 Å². The van der Waals surface area contributed by atoms with Crippen molar-refractivity contribution >= 4 is 21.6 Å². The molecule has 0 radical (unpaired) electrons. The number of benzene rings is 1. The van der Waals surface area contributed by atoms with Crippen LogP contribution in [0.1, 0.15) is 26.7 Å². The molecule has 0 saturated carbocycles. The van der Waals surface area contributed by atoms with Crippen LogP contribution in [-0.4, -0.2) is 25.2 Å². The van der Waals surface area contributed by atoms with E-state index in [1.54, 1.807) is 6.07 Å². The second kappa shape index (κ2) is 5.57. The zero-order chi connectivity index (χ0) is 13.2. The van der Waals surface area contributed by atoms with Gasteiger partial charge in [-0.1, -0.05) is 22.9 Å². The fourth-order valence-electron chi connectivity index (χ4n) is 2.39. The number of hydrogen-bond acceptors (Lipinski definition) is 2. The van der Waals surface area contributed by atoms with E-state index in [2.05, 4.69) is 40.0 Å². The first-order valence-corrected chi connectivity index (χ1v) is 7.28. The van der Waals surface area contributed by atoms with Crippen LogP contribution < -0.4 is 10.2 Å². The van der Waals surface area contributed by atoms with Crippen molar-refractivity contribution in [2.24, 2.45) is 0 Å². The maximum Gasteiger partial charge on any atom is 0.146 e. The third-order valence-corrected chi connectivity index (χ3v) is 4.22. The third kappa shape index (κ3) is 3.04. The second-order valence-electron chi connectivity index (χ2n) is 5.21. The van der Waals surface area contributed by atoms with E-state index >= 15 is 0 Å². The largest absolute Gasteiger partial charge is 0.367 e. The van der Waals surface area contributed by atoms with E-state index in [0.29, 0.717) is 5.69 Å². The van der Waals surface area contributed by atoms with E-state index in [-0.39, 0.29) is 11.4 Å². The Hall–Kier alpha value is -0.610. The number of anilines is 1. The van der Waals surface area contributed by atoms with Crippen LogP contribution in [-0.2, 0) is 0 Å². The monoisotopic (exact) mass is 314 g/mol. The molecule has 1 N–H and O–H groups in total. The molecule has 18 heavy (non-hydrogen) atoms. The molecule has 1 heterocycles. The number of hydrogen-bond donors (Lipinski definition) is 1. The Bertz CT molecular complexity index is 424. The Balaban J connectivity index is 2.28. The minimum Gasteiger partial charge on any atom is -0.367 e. The fourth-order valence-corrected chi connectivity index (χ4v) is 2.74. The lowest BCUT2D eigenvalue weighted by molar-refractivity contribution is 0.366. The summed E-state index contributed by atoms with van der Waals surface area (Å²) in [6.07, 6.45) is 2.08. The van der Waals surface area contributed by atoms with Gasteiger partial charge < -0.3 is 10.2 Å². The van der Waals surface area contributed by atoms with Crippen LogP contribution in [0, 0.1) is 5.82 Å². The average molecular weight is 315 g/mol. The molecule has 1 aromatic rings. The quantitative estimate of drug-likeness (QED) is 0.898. The molecular formula is C14H20BrFN2. The summed E-state index contributed by atoms with van der Waals surface area (Å²) in [5, 5.41) is 3.57. The van der Waals surface area contributed by atoms with E-state index in [1.165, 1.54) is 6.07 Å². The van der Waals surface area contributed by atoms with Crippen molar-refractivity contribution < 1.29 is 4.39 Å². The Morgan fingerprint density at radius 3 is 3.00 bits per heavy atom. The Morgan fingerprint density at radius 2 is 2.28 bits per heavy atom. The van der Waals surface area contributed by atoms with Gasteiger partial charge in [-0.25, -0.2) is 4.39 Å². The molecule has 0 aliphatic carbocycles. The van der Waals surface area contributed by atoms with E-state index in [0.717, 1.165) is 36.9 Å². The SMILES string of the molecule is CCC1(C)CN(c2cc(Br)ccc2F)CCCN1. The highest BCUT2D eigenvalue weighted by atomic mass is 79.9. The van der Waals surface area contributed by atoms with Crippen LogP contribution in [0.15, 0.2) is 22.7 Å². The lowest BCUT2D eigenvalue weighted by atomic mass is 9.98. The van der Waals surface area contributed by atoms with Crippen LogP contribution in [0.2, 0.25) is 0 Å². The molecule has 2 rings (SSSR count). The number of halogens is 2. The summed E-state index contributed by atoms with van der Waals surface area (Å²) in [7, 11) is 0. The van der Waals surface area contributed by atoms with Gasteiger partial charge in [-0.3, -0.25) is 0 Å². The molecule has 1 fully saturated rings. The van der Waals surface area contributed by atoms with Crippen molar-refractivity contribution in [3.63, 3.8) is 0 Å². The molecule has 2 nitrogen and oxygen atoms in total. The molecule has 0 aromatic heterocycles. The summed E-state index contributed by atoms with van der Waals surface area (Å²) in [6, 6.07) is 5.14. The van der Waals surface area contributed by atoms with Crippen LogP contribution in [0.3, 0.4) is 0 Å². The van der Waals surface area contributed by atoms with Crippen molar-refractivity contribution in [3.8, 4) is 0 Å². The van der Waals surface area contributed by atoms with E-state index < -0.39 is 0 Å². The van der Waals surface area contributed by atoms with E-state index in [4.69, 9.17) is 0 Å². The summed E-state index contributed by atoms with van der Waals surface area (Å²) in [5.74, 6) is -0.140. The standard InChI is InChI=1S/C14H20BrFN2/c1-3-14(2)10-18(8-4-7-17-14)13-9-11(15)5-6-12(13)16/h5-6,9,17H,3-4,7-8,10H2,1-2H3. The minimum absolute atomic E-state index is 0.0608. The zero-order valence-electron chi connectivity index (χ0n) is 11.0. The first-order chi connectivity index (χ1) is 8.54. The Kier molecular flexibility index (Phi) is 4.28. The maximum atomic E-state index is 14.0. The summed E-state index contributed by atoms with van der Waals surface area (Å²) in [4.78, 5) is 2.16. The maximum absolute atomic E-state index is 14.0. The predicted octanol–water partition coefficient (Wildman–Crippen LogP) is 3.56. The topological polar surface area (TPSA) is 15.3 Å². The molecule has 0 bridgehead atoms. The predicted molar refractivity (Wildman–Crippen MR) is 77.6 cm³/mol. The Morgan fingerprint density at radius 1 is 1.50 bits per heavy atom. The summed E-state index contributed by atoms with van der Waals surface area (Å²) >= 11 is 3.42. The lowest BCUT2D eigenvalue weighted by Crippen LogP contribution is -2.48. The summed E-state index contributed by atoms with van der Waals surface area (Å²) < 4.78 is 14.9. The molecule has 0 amide bonds. The molecule has 0 spiro atoms. The van der Waals surface area contributed by atoms with Gasteiger partial charge >= 0.3 is 0 Å². The highest BCUT2D eigenvalue weighted by Gasteiger charge is 2.28. The van der Waals surface area contributed by atoms with Gasteiger partial charge in [0.25, 0.3) is 0 Å². The number of nitrogens with one attached hydrogen (secondary N) is 1. The van der Waals surface area contributed by atoms with Crippen LogP contribution in [0.4, 0.5) is 10.1 Å². The highest BCUT2D eigenvalue weighted by molar-refractivity contribution is 9.10. The molecule has 1 atom stereocenters. The van der Waals surface area contributed by atoms with Crippen LogP contribution in [0.5, 0.6) is 0 Å². The van der Waals surface area contributed by atoms with E-state index in [9.17, 15) is 4.39 Å². The molecule has 1 saturated heterocycles. The van der Waals surface area contributed by atoms with Crippen LogP contribution in [0.25, 0.3) is 0 Å². The zero-order valence-corrected chi connectivity index (χ0v) is 12.6. The van der Waals surface area contributed by atoms with Crippen LogP contribution >= 0.6 is 15.9 Å². The molecule has 1 aliphatic rings. The van der Waals surface area contributed by atoms with Gasteiger partial charge in [0.15, 0.2) is 0 Å². The van der Waals surface area contributed by atoms with Gasteiger partial charge in [-0.05, 0) is 44.5 Å². The molecule has 100 valence electrons. The highest BCUT2D eigenvalue weighted by Crippen LogP contribution is 2.27. The molecule has 4 heteroatoms. The lowest BCUT2D eigenvalue weighted by Gasteiger charge is -2.34. The van der Waals surface area contributed by atoms with Gasteiger partial charge in [0.1, 0.15) is 5.82 Å². The second-order valence-corrected chi connectivity index (χ2v) is 6.13. The first-order valence-electron chi connectivity index (χ1n) is 6.49. The fraction of sp³-hybridized carbons (Fsp3) is 0.571. The first kappa shape index (κ1) is 13.8. The van der Waals surface area contributed by atoms with Gasteiger partial charge in [0, 0.05) is 23.1 Å². The average Bonchev–Trinajstić information content (AvgIpc) is 2.55. The van der Waals surface area contributed by atoms with Gasteiger partial charge in [-0.2, -0.15) is 0 Å². The van der Waals surface area contributed by atoms with Gasteiger partial charge in [0.2, 0.25) is 0 Å². The molecular weight excluding hydrogens is 295 g/mol. The molecule has 1 aliphatic heterocycles. The van der Waals surface area contributed by atoms with Crippen molar-refractivity contribution in [1.82, 2.24) is 5.32 Å². The smallest absolute Gasteiger partial charge is 0.146 e. The van der Waals surface area contributed by atoms with Gasteiger partial charge in [-0.15, -0.1) is 0 Å². The third-order valence-electron chi connectivity index (χ3n) is 3.73. The van der Waals surface area contributed by atoms with Gasteiger partial charge in [0.05, 0.1) is 5.69 Å². The minimum atomic E-state index is -0.140. The van der Waals surface area contributed by atoms with Crippen molar-refractivity contribution in [2.45, 2.75) is 32.2 Å². The summed E-state index contributed by atoms with van der Waals surface area (Å²) in [6.45, 7) is 7.12.